The van der Waals surface area contributed by atoms with Crippen LogP contribution in [-0.2, 0) is 4.79 Å². The third kappa shape index (κ3) is 2.81. The summed E-state index contributed by atoms with van der Waals surface area (Å²) < 4.78 is 13.6. The number of aryl methyl sites for hydroxylation is 1. The Hall–Kier alpha value is -1.13. The number of benzene rings is 1. The van der Waals surface area contributed by atoms with Gasteiger partial charge in [0, 0.05) is 5.92 Å². The zero-order valence-electron chi connectivity index (χ0n) is 11.5. The van der Waals surface area contributed by atoms with Gasteiger partial charge in [0.25, 0.3) is 0 Å². The molecule has 1 spiro atoms. The highest BCUT2D eigenvalue weighted by Crippen LogP contribution is 2.58. The molecule has 1 aromatic carbocycles. The van der Waals surface area contributed by atoms with E-state index in [9.17, 15) is 9.18 Å². The molecule has 0 bridgehead atoms. The molecule has 5 heteroatoms. The molecule has 2 aliphatic rings. The van der Waals surface area contributed by atoms with Crippen molar-refractivity contribution in [1.82, 2.24) is 5.32 Å². The van der Waals surface area contributed by atoms with Crippen molar-refractivity contribution in [2.24, 2.45) is 11.3 Å². The van der Waals surface area contributed by atoms with Gasteiger partial charge in [0.1, 0.15) is 5.82 Å². The summed E-state index contributed by atoms with van der Waals surface area (Å²) in [5.74, 6) is -0.320. The molecule has 1 aliphatic heterocycles. The van der Waals surface area contributed by atoms with Gasteiger partial charge in [-0.25, -0.2) is 4.39 Å². The van der Waals surface area contributed by atoms with Crippen LogP contribution in [0.5, 0.6) is 0 Å². The van der Waals surface area contributed by atoms with Crippen molar-refractivity contribution in [3.8, 4) is 0 Å². The molecule has 2 fully saturated rings. The number of rotatable bonds is 2. The number of carbonyl (C=O) groups is 1. The molecule has 20 heavy (non-hydrogen) atoms. The van der Waals surface area contributed by atoms with Gasteiger partial charge in [-0.15, -0.1) is 12.4 Å². The molecule has 1 amide bonds. The van der Waals surface area contributed by atoms with Crippen molar-refractivity contribution in [2.45, 2.75) is 26.2 Å². The molecule has 1 aromatic rings. The van der Waals surface area contributed by atoms with E-state index in [1.54, 1.807) is 12.1 Å². The van der Waals surface area contributed by atoms with E-state index in [1.807, 2.05) is 6.92 Å². The first-order valence-corrected chi connectivity index (χ1v) is 6.88. The molecule has 0 aromatic heterocycles. The average molecular weight is 299 g/mol. The van der Waals surface area contributed by atoms with Crippen LogP contribution in [0.3, 0.4) is 0 Å². The lowest BCUT2D eigenvalue weighted by molar-refractivity contribution is -0.118. The van der Waals surface area contributed by atoms with E-state index in [4.69, 9.17) is 0 Å². The second-order valence-corrected chi connectivity index (χ2v) is 5.84. The van der Waals surface area contributed by atoms with Gasteiger partial charge in [0.2, 0.25) is 5.91 Å². The fraction of sp³-hybridized carbons (Fsp3) is 0.533. The molecule has 110 valence electrons. The van der Waals surface area contributed by atoms with Crippen LogP contribution in [0.15, 0.2) is 18.2 Å². The molecule has 1 heterocycles. The lowest BCUT2D eigenvalue weighted by Gasteiger charge is -2.23. The van der Waals surface area contributed by atoms with E-state index >= 15 is 0 Å². The number of halogens is 2. The predicted octanol–water partition coefficient (Wildman–Crippen LogP) is 2.88. The van der Waals surface area contributed by atoms with Crippen LogP contribution < -0.4 is 10.6 Å². The number of hydrogen-bond acceptors (Lipinski definition) is 2. The third-order valence-corrected chi connectivity index (χ3v) is 4.49. The summed E-state index contributed by atoms with van der Waals surface area (Å²) in [6.07, 6.45) is 3.07. The maximum atomic E-state index is 13.6. The third-order valence-electron chi connectivity index (χ3n) is 4.49. The van der Waals surface area contributed by atoms with Crippen LogP contribution in [0.25, 0.3) is 0 Å². The fourth-order valence-corrected chi connectivity index (χ4v) is 3.15. The quantitative estimate of drug-likeness (QED) is 0.881. The van der Waals surface area contributed by atoms with Crippen LogP contribution in [0, 0.1) is 24.1 Å². The van der Waals surface area contributed by atoms with Gasteiger partial charge < -0.3 is 10.6 Å². The van der Waals surface area contributed by atoms with E-state index in [0.29, 0.717) is 5.69 Å². The largest absolute Gasteiger partial charge is 0.323 e. The Labute approximate surface area is 124 Å². The minimum absolute atomic E-state index is 0. The monoisotopic (exact) mass is 298 g/mol. The van der Waals surface area contributed by atoms with Gasteiger partial charge in [-0.3, -0.25) is 4.79 Å². The fourth-order valence-electron chi connectivity index (χ4n) is 3.15. The number of nitrogens with one attached hydrogen (secondary N) is 2. The average Bonchev–Trinajstić information content (AvgIpc) is 3.08. The highest BCUT2D eigenvalue weighted by molar-refractivity contribution is 5.95. The van der Waals surface area contributed by atoms with Crippen LogP contribution in [0.1, 0.15) is 24.8 Å². The summed E-state index contributed by atoms with van der Waals surface area (Å²) in [4.78, 5) is 12.2. The molecule has 1 aliphatic carbocycles. The van der Waals surface area contributed by atoms with Gasteiger partial charge in [-0.1, -0.05) is 6.07 Å². The van der Waals surface area contributed by atoms with Gasteiger partial charge in [-0.2, -0.15) is 0 Å². The van der Waals surface area contributed by atoms with Crippen LogP contribution in [-0.4, -0.2) is 19.0 Å². The second kappa shape index (κ2) is 5.70. The second-order valence-electron chi connectivity index (χ2n) is 5.84. The van der Waals surface area contributed by atoms with Crippen molar-refractivity contribution in [2.75, 3.05) is 18.4 Å². The van der Waals surface area contributed by atoms with Gasteiger partial charge in [0.15, 0.2) is 0 Å². The first-order valence-electron chi connectivity index (χ1n) is 6.88. The molecule has 1 saturated heterocycles. The Morgan fingerprint density at radius 1 is 1.40 bits per heavy atom. The Morgan fingerprint density at radius 2 is 2.10 bits per heavy atom. The van der Waals surface area contributed by atoms with Crippen molar-refractivity contribution in [1.29, 1.82) is 0 Å². The number of hydrogen-bond donors (Lipinski definition) is 2. The number of amides is 1. The SMILES string of the molecule is Cc1ccc(F)c(NC(=O)C2CC23CCNCC3)c1.Cl. The molecule has 3 rings (SSSR count). The van der Waals surface area contributed by atoms with E-state index < -0.39 is 0 Å². The number of anilines is 1. The molecule has 1 unspecified atom stereocenters. The summed E-state index contributed by atoms with van der Waals surface area (Å²) in [7, 11) is 0. The van der Waals surface area contributed by atoms with Crippen molar-refractivity contribution < 1.29 is 9.18 Å². The summed E-state index contributed by atoms with van der Waals surface area (Å²) in [5.41, 5.74) is 1.44. The van der Waals surface area contributed by atoms with Gasteiger partial charge >= 0.3 is 0 Å². The summed E-state index contributed by atoms with van der Waals surface area (Å²) >= 11 is 0. The van der Waals surface area contributed by atoms with Gasteiger partial charge in [-0.05, 0) is 62.4 Å². The lowest BCUT2D eigenvalue weighted by Crippen LogP contribution is -2.31. The highest BCUT2D eigenvalue weighted by atomic mass is 35.5. The molecular formula is C15H20ClFN2O. The molecule has 1 saturated carbocycles. The normalized spacial score (nSPS) is 23.0. The predicted molar refractivity (Wildman–Crippen MR) is 79.7 cm³/mol. The zero-order valence-corrected chi connectivity index (χ0v) is 12.4. The molecule has 0 radical (unpaired) electrons. The van der Waals surface area contributed by atoms with E-state index in [-0.39, 0.29) is 35.5 Å². The lowest BCUT2D eigenvalue weighted by atomic mass is 9.92. The summed E-state index contributed by atoms with van der Waals surface area (Å²) in [6, 6.07) is 4.79. The number of carbonyl (C=O) groups excluding carboxylic acids is 1. The molecule has 1 atom stereocenters. The van der Waals surface area contributed by atoms with Crippen LogP contribution in [0.4, 0.5) is 10.1 Å². The zero-order chi connectivity index (χ0) is 13.5. The van der Waals surface area contributed by atoms with E-state index in [1.165, 1.54) is 6.07 Å². The topological polar surface area (TPSA) is 41.1 Å². The minimum Gasteiger partial charge on any atom is -0.323 e. The Bertz CT molecular complexity index is 515. The Balaban J connectivity index is 0.00000147. The molecule has 3 nitrogen and oxygen atoms in total. The van der Waals surface area contributed by atoms with Crippen molar-refractivity contribution in [3.05, 3.63) is 29.6 Å². The minimum atomic E-state index is -0.362. The van der Waals surface area contributed by atoms with Crippen molar-refractivity contribution in [3.63, 3.8) is 0 Å². The first-order chi connectivity index (χ1) is 9.11. The highest BCUT2D eigenvalue weighted by Gasteiger charge is 2.57. The summed E-state index contributed by atoms with van der Waals surface area (Å²) in [6.45, 7) is 3.87. The smallest absolute Gasteiger partial charge is 0.228 e. The molecule has 2 N–H and O–H groups in total. The summed E-state index contributed by atoms with van der Waals surface area (Å²) in [5, 5.41) is 6.06. The Morgan fingerprint density at radius 3 is 2.80 bits per heavy atom. The maximum absolute atomic E-state index is 13.6. The standard InChI is InChI=1S/C15H19FN2O.ClH/c1-10-2-3-12(16)13(8-10)18-14(19)11-9-15(11)4-6-17-7-5-15;/h2-3,8,11,17H,4-7,9H2,1H3,(H,18,19);1H. The van der Waals surface area contributed by atoms with E-state index in [2.05, 4.69) is 10.6 Å². The first kappa shape index (κ1) is 15.3. The van der Waals surface area contributed by atoms with Crippen LogP contribution in [0.2, 0.25) is 0 Å². The number of piperidine rings is 1. The van der Waals surface area contributed by atoms with Gasteiger partial charge in [0.05, 0.1) is 5.69 Å². The molecular weight excluding hydrogens is 279 g/mol. The van der Waals surface area contributed by atoms with Crippen molar-refractivity contribution >= 4 is 24.0 Å². The maximum Gasteiger partial charge on any atom is 0.228 e. The van der Waals surface area contributed by atoms with E-state index in [0.717, 1.165) is 37.9 Å². The van der Waals surface area contributed by atoms with Crippen LogP contribution >= 0.6 is 12.4 Å². The Kier molecular flexibility index (Phi) is 4.35.